The van der Waals surface area contributed by atoms with Gasteiger partial charge in [-0.15, -0.1) is 5.10 Å². The monoisotopic (exact) mass is 532 g/mol. The van der Waals surface area contributed by atoms with Crippen molar-refractivity contribution in [3.8, 4) is 28.7 Å². The van der Waals surface area contributed by atoms with Crippen molar-refractivity contribution in [1.82, 2.24) is 15.0 Å². The number of aromatic hydroxyl groups is 1. The molecule has 0 spiro atoms. The lowest BCUT2D eigenvalue weighted by atomic mass is 10.1. The molecule has 0 saturated carbocycles. The summed E-state index contributed by atoms with van der Waals surface area (Å²) in [5.74, 6) is 1.22. The molecular formula is C27H24N4O8. The Morgan fingerprint density at radius 1 is 0.974 bits per heavy atom. The molecule has 3 aromatic carbocycles. The minimum Gasteiger partial charge on any atom is -0.507 e. The first-order valence-electron chi connectivity index (χ1n) is 11.7. The maximum atomic E-state index is 12.9. The van der Waals surface area contributed by atoms with Crippen LogP contribution in [0.25, 0.3) is 21.9 Å². The van der Waals surface area contributed by atoms with E-state index in [1.807, 2.05) is 0 Å². The summed E-state index contributed by atoms with van der Waals surface area (Å²) in [6.07, 6.45) is 1.56. The van der Waals surface area contributed by atoms with Crippen LogP contribution in [0.2, 0.25) is 0 Å². The molecule has 0 bridgehead atoms. The minimum atomic E-state index is -0.369. The number of carbonyl (C=O) groups is 1. The Morgan fingerprint density at radius 2 is 1.72 bits per heavy atom. The number of carbonyl (C=O) groups excluding carboxylic acids is 1. The summed E-state index contributed by atoms with van der Waals surface area (Å²) in [5.41, 5.74) is 1.03. The highest BCUT2D eigenvalue weighted by molar-refractivity contribution is 5.94. The second-order valence-electron chi connectivity index (χ2n) is 8.42. The van der Waals surface area contributed by atoms with Crippen molar-refractivity contribution < 1.29 is 33.3 Å². The Labute approximate surface area is 221 Å². The number of amides is 1. The zero-order chi connectivity index (χ0) is 27.5. The number of ether oxygens (including phenoxy) is 4. The summed E-state index contributed by atoms with van der Waals surface area (Å²) in [6.45, 7) is -0.106. The standard InChI is InChI=1S/C27H24N4O8/c1-35-16-4-6-19-22(9-16)39-24-11-18(8-21(32)26(24)27(19)34)38-14-15-12-31(30-29-15)13-25(33)28-20-7-5-17(36-2)10-23(20)37-3/h4-12,32H,13-14H2,1-3H3,(H,28,33). The van der Waals surface area contributed by atoms with Gasteiger partial charge in [0, 0.05) is 24.3 Å². The second-order valence-corrected chi connectivity index (χ2v) is 8.42. The van der Waals surface area contributed by atoms with Crippen LogP contribution in [0.4, 0.5) is 5.69 Å². The van der Waals surface area contributed by atoms with Crippen molar-refractivity contribution in [3.63, 3.8) is 0 Å². The Morgan fingerprint density at radius 3 is 2.49 bits per heavy atom. The Hall–Kier alpha value is -5.26. The SMILES string of the molecule is COc1ccc(NC(=O)Cn2cc(COc3cc(O)c4c(=O)c5ccc(OC)cc5oc4c3)nn2)c(OC)c1. The number of phenols is 1. The zero-order valence-electron chi connectivity index (χ0n) is 21.3. The van der Waals surface area contributed by atoms with Crippen LogP contribution in [0.15, 0.2) is 63.9 Å². The van der Waals surface area contributed by atoms with Crippen LogP contribution in [0.5, 0.6) is 28.7 Å². The molecule has 5 rings (SSSR count). The second kappa shape index (κ2) is 10.6. The van der Waals surface area contributed by atoms with Gasteiger partial charge in [0.1, 0.15) is 64.1 Å². The van der Waals surface area contributed by atoms with E-state index in [1.54, 1.807) is 49.7 Å². The number of hydrogen-bond donors (Lipinski definition) is 2. The van der Waals surface area contributed by atoms with Gasteiger partial charge in [-0.1, -0.05) is 5.21 Å². The van der Waals surface area contributed by atoms with Crippen LogP contribution in [0, 0.1) is 0 Å². The molecule has 2 aromatic heterocycles. The lowest BCUT2D eigenvalue weighted by molar-refractivity contribution is -0.116. The van der Waals surface area contributed by atoms with Crippen LogP contribution >= 0.6 is 0 Å². The van der Waals surface area contributed by atoms with Crippen molar-refractivity contribution in [1.29, 1.82) is 0 Å². The maximum absolute atomic E-state index is 12.9. The average molecular weight is 533 g/mol. The van der Waals surface area contributed by atoms with Crippen molar-refractivity contribution in [2.24, 2.45) is 0 Å². The predicted octanol–water partition coefficient (Wildman–Crippen LogP) is 3.49. The molecule has 5 aromatic rings. The van der Waals surface area contributed by atoms with E-state index in [4.69, 9.17) is 23.4 Å². The number of nitrogens with zero attached hydrogens (tertiary/aromatic N) is 3. The number of aromatic nitrogens is 3. The number of methoxy groups -OCH3 is 3. The fourth-order valence-electron chi connectivity index (χ4n) is 4.00. The smallest absolute Gasteiger partial charge is 0.246 e. The predicted molar refractivity (Wildman–Crippen MR) is 141 cm³/mol. The van der Waals surface area contributed by atoms with E-state index in [-0.39, 0.29) is 47.0 Å². The number of benzene rings is 3. The molecule has 39 heavy (non-hydrogen) atoms. The number of hydrogen-bond acceptors (Lipinski definition) is 10. The Kier molecular flexibility index (Phi) is 6.91. The molecule has 2 N–H and O–H groups in total. The van der Waals surface area contributed by atoms with Gasteiger partial charge in [-0.3, -0.25) is 9.59 Å². The van der Waals surface area contributed by atoms with E-state index < -0.39 is 0 Å². The van der Waals surface area contributed by atoms with E-state index in [0.717, 1.165) is 0 Å². The fraction of sp³-hybridized carbons (Fsp3) is 0.185. The third-order valence-electron chi connectivity index (χ3n) is 5.90. The van der Waals surface area contributed by atoms with Gasteiger partial charge in [0.2, 0.25) is 11.3 Å². The fourth-order valence-corrected chi connectivity index (χ4v) is 4.00. The van der Waals surface area contributed by atoms with Gasteiger partial charge in [0.15, 0.2) is 0 Å². The van der Waals surface area contributed by atoms with Gasteiger partial charge >= 0.3 is 0 Å². The number of phenolic OH excluding ortho intramolecular Hbond substituents is 1. The number of fused-ring (bicyclic) bond motifs is 2. The molecule has 0 aliphatic heterocycles. The van der Waals surface area contributed by atoms with Crippen molar-refractivity contribution in [2.45, 2.75) is 13.2 Å². The van der Waals surface area contributed by atoms with Crippen LogP contribution in [-0.4, -0.2) is 47.3 Å². The van der Waals surface area contributed by atoms with Crippen molar-refractivity contribution >= 4 is 33.5 Å². The molecule has 0 fully saturated rings. The van der Waals surface area contributed by atoms with E-state index in [1.165, 1.54) is 31.0 Å². The van der Waals surface area contributed by atoms with Crippen LogP contribution in [0.1, 0.15) is 5.69 Å². The highest BCUT2D eigenvalue weighted by atomic mass is 16.5. The first-order chi connectivity index (χ1) is 18.9. The summed E-state index contributed by atoms with van der Waals surface area (Å²) in [7, 11) is 4.55. The molecule has 0 atom stereocenters. The first kappa shape index (κ1) is 25.4. The van der Waals surface area contributed by atoms with Crippen LogP contribution in [-0.2, 0) is 17.9 Å². The normalized spacial score (nSPS) is 10.9. The van der Waals surface area contributed by atoms with E-state index in [0.29, 0.717) is 39.6 Å². The molecule has 0 aliphatic rings. The number of anilines is 1. The molecule has 12 nitrogen and oxygen atoms in total. The van der Waals surface area contributed by atoms with E-state index in [9.17, 15) is 14.7 Å². The van der Waals surface area contributed by atoms with Gasteiger partial charge in [-0.05, 0) is 24.3 Å². The highest BCUT2D eigenvalue weighted by Crippen LogP contribution is 2.32. The molecule has 0 saturated heterocycles. The number of rotatable bonds is 9. The quantitative estimate of drug-likeness (QED) is 0.270. The van der Waals surface area contributed by atoms with Crippen molar-refractivity contribution in [3.05, 3.63) is 70.6 Å². The van der Waals surface area contributed by atoms with Gasteiger partial charge < -0.3 is 33.8 Å². The molecule has 12 heteroatoms. The number of nitrogens with one attached hydrogen (secondary N) is 1. The van der Waals surface area contributed by atoms with Gasteiger partial charge in [0.05, 0.1) is 38.6 Å². The molecular weight excluding hydrogens is 508 g/mol. The van der Waals surface area contributed by atoms with Gasteiger partial charge in [-0.2, -0.15) is 0 Å². The van der Waals surface area contributed by atoms with Crippen molar-refractivity contribution in [2.75, 3.05) is 26.6 Å². The molecule has 0 aliphatic carbocycles. The average Bonchev–Trinajstić information content (AvgIpc) is 3.38. The maximum Gasteiger partial charge on any atom is 0.246 e. The van der Waals surface area contributed by atoms with Crippen LogP contribution < -0.4 is 29.7 Å². The summed E-state index contributed by atoms with van der Waals surface area (Å²) in [6, 6.07) is 12.7. The summed E-state index contributed by atoms with van der Waals surface area (Å²) < 4.78 is 28.6. The van der Waals surface area contributed by atoms with E-state index >= 15 is 0 Å². The lowest BCUT2D eigenvalue weighted by Crippen LogP contribution is -2.19. The van der Waals surface area contributed by atoms with E-state index in [2.05, 4.69) is 15.6 Å². The summed E-state index contributed by atoms with van der Waals surface area (Å²) >= 11 is 0. The van der Waals surface area contributed by atoms with Gasteiger partial charge in [-0.25, -0.2) is 4.68 Å². The lowest BCUT2D eigenvalue weighted by Gasteiger charge is -2.11. The molecule has 200 valence electrons. The zero-order valence-corrected chi connectivity index (χ0v) is 21.3. The Balaban J connectivity index is 1.28. The minimum absolute atomic E-state index is 0.00942. The topological polar surface area (TPSA) is 147 Å². The highest BCUT2D eigenvalue weighted by Gasteiger charge is 2.15. The molecule has 0 unspecified atom stereocenters. The third kappa shape index (κ3) is 5.25. The molecule has 0 radical (unpaired) electrons. The van der Waals surface area contributed by atoms with Gasteiger partial charge in [0.25, 0.3) is 0 Å². The van der Waals surface area contributed by atoms with Crippen LogP contribution in [0.3, 0.4) is 0 Å². The molecule has 1 amide bonds. The summed E-state index contributed by atoms with van der Waals surface area (Å²) in [4.78, 5) is 25.4. The summed E-state index contributed by atoms with van der Waals surface area (Å²) in [5, 5.41) is 21.6. The first-order valence-corrected chi connectivity index (χ1v) is 11.7. The third-order valence-corrected chi connectivity index (χ3v) is 5.90. The largest absolute Gasteiger partial charge is 0.507 e. The molecule has 2 heterocycles. The Bertz CT molecular complexity index is 1740.